The van der Waals surface area contributed by atoms with Crippen molar-refractivity contribution in [1.29, 1.82) is 0 Å². The first kappa shape index (κ1) is 20.0. The van der Waals surface area contributed by atoms with Crippen molar-refractivity contribution in [3.8, 4) is 0 Å². The predicted molar refractivity (Wildman–Crippen MR) is 113 cm³/mol. The van der Waals surface area contributed by atoms with E-state index in [0.717, 1.165) is 31.7 Å². The molecule has 2 fully saturated rings. The normalized spacial score (nSPS) is 24.3. The van der Waals surface area contributed by atoms with Gasteiger partial charge in [0.05, 0.1) is 6.54 Å². The monoisotopic (exact) mass is 395 g/mol. The Labute approximate surface area is 172 Å². The van der Waals surface area contributed by atoms with Crippen LogP contribution in [0.15, 0.2) is 48.5 Å². The van der Waals surface area contributed by atoms with Crippen molar-refractivity contribution < 1.29 is 9.18 Å². The number of carbonyl (C=O) groups excluding carboxylic acids is 1. The minimum absolute atomic E-state index is 0.179. The Morgan fingerprint density at radius 3 is 2.62 bits per heavy atom. The summed E-state index contributed by atoms with van der Waals surface area (Å²) in [6.07, 6.45) is 0. The van der Waals surface area contributed by atoms with Crippen LogP contribution in [0.25, 0.3) is 0 Å². The third-order valence-electron chi connectivity index (χ3n) is 6.42. The Hall–Kier alpha value is -2.24. The molecule has 0 N–H and O–H groups in total. The minimum atomic E-state index is -0.192. The summed E-state index contributed by atoms with van der Waals surface area (Å²) in [5, 5.41) is 0. The Kier molecular flexibility index (Phi) is 5.70. The number of likely N-dealkylation sites (tertiary alicyclic amines) is 2. The van der Waals surface area contributed by atoms with E-state index in [1.807, 2.05) is 18.0 Å². The molecule has 0 spiro atoms. The Bertz CT molecular complexity index is 869. The second kappa shape index (κ2) is 8.25. The molecular weight excluding hydrogens is 365 g/mol. The van der Waals surface area contributed by atoms with Gasteiger partial charge in [-0.15, -0.1) is 0 Å². The Morgan fingerprint density at radius 1 is 1.14 bits per heavy atom. The summed E-state index contributed by atoms with van der Waals surface area (Å²) in [4.78, 5) is 19.3. The van der Waals surface area contributed by atoms with E-state index in [1.54, 1.807) is 12.1 Å². The number of fused-ring (bicyclic) bond motifs is 1. The summed E-state index contributed by atoms with van der Waals surface area (Å²) in [5.41, 5.74) is 3.48. The van der Waals surface area contributed by atoms with Crippen LogP contribution >= 0.6 is 0 Å². The van der Waals surface area contributed by atoms with Gasteiger partial charge in [-0.3, -0.25) is 14.6 Å². The van der Waals surface area contributed by atoms with Gasteiger partial charge in [0, 0.05) is 38.1 Å². The third-order valence-corrected chi connectivity index (χ3v) is 6.42. The molecule has 1 amide bonds. The molecule has 0 aromatic heterocycles. The fourth-order valence-electron chi connectivity index (χ4n) is 5.05. The molecule has 4 rings (SSSR count). The second-order valence-corrected chi connectivity index (χ2v) is 8.82. The van der Waals surface area contributed by atoms with Crippen LogP contribution in [0.4, 0.5) is 4.39 Å². The number of amides is 1. The molecule has 2 aromatic rings. The number of aryl methyl sites for hydroxylation is 1. The standard InChI is InChI=1S/C24H30FN3O/c1-17-7-9-18(10-8-17)12-26(2)16-23(29)28-14-20-13-27(3)24(22(20)15-28)19-5-4-6-21(25)11-19/h4-11,20,22,24H,12-16H2,1-3H3/t20-,22+,24-/m0/s1. The zero-order valence-electron chi connectivity index (χ0n) is 17.5. The topological polar surface area (TPSA) is 26.8 Å². The molecule has 0 unspecified atom stereocenters. The lowest BCUT2D eigenvalue weighted by atomic mass is 9.89. The Morgan fingerprint density at radius 2 is 1.90 bits per heavy atom. The van der Waals surface area contributed by atoms with E-state index in [0.29, 0.717) is 18.4 Å². The molecule has 0 aliphatic carbocycles. The third kappa shape index (κ3) is 4.36. The lowest BCUT2D eigenvalue weighted by molar-refractivity contribution is -0.131. The van der Waals surface area contributed by atoms with Crippen molar-refractivity contribution >= 4 is 5.91 Å². The summed E-state index contributed by atoms with van der Waals surface area (Å²) in [5.74, 6) is 0.824. The fraction of sp³-hybridized carbons (Fsp3) is 0.458. The highest BCUT2D eigenvalue weighted by atomic mass is 19.1. The summed E-state index contributed by atoms with van der Waals surface area (Å²) in [6, 6.07) is 15.6. The van der Waals surface area contributed by atoms with Crippen LogP contribution in [0.2, 0.25) is 0 Å². The van der Waals surface area contributed by atoms with E-state index in [9.17, 15) is 9.18 Å². The quantitative estimate of drug-likeness (QED) is 0.777. The van der Waals surface area contributed by atoms with E-state index < -0.39 is 0 Å². The molecular formula is C24H30FN3O. The van der Waals surface area contributed by atoms with E-state index in [1.165, 1.54) is 17.2 Å². The number of benzene rings is 2. The zero-order valence-corrected chi connectivity index (χ0v) is 17.5. The number of likely N-dealkylation sites (N-methyl/N-ethyl adjacent to an activating group) is 1. The first-order chi connectivity index (χ1) is 13.9. The maximum absolute atomic E-state index is 13.8. The van der Waals surface area contributed by atoms with Crippen LogP contribution in [-0.2, 0) is 11.3 Å². The molecule has 154 valence electrons. The van der Waals surface area contributed by atoms with Crippen LogP contribution in [-0.4, -0.2) is 60.9 Å². The van der Waals surface area contributed by atoms with Crippen LogP contribution in [0.5, 0.6) is 0 Å². The minimum Gasteiger partial charge on any atom is -0.341 e. The van der Waals surface area contributed by atoms with Gasteiger partial charge >= 0.3 is 0 Å². The van der Waals surface area contributed by atoms with Gasteiger partial charge in [-0.2, -0.15) is 0 Å². The van der Waals surface area contributed by atoms with Gasteiger partial charge in [0.1, 0.15) is 5.82 Å². The highest BCUT2D eigenvalue weighted by molar-refractivity contribution is 5.78. The van der Waals surface area contributed by atoms with Gasteiger partial charge in [-0.25, -0.2) is 4.39 Å². The van der Waals surface area contributed by atoms with Crippen LogP contribution in [0.1, 0.15) is 22.7 Å². The molecule has 2 aromatic carbocycles. The molecule has 0 saturated carbocycles. The first-order valence-corrected chi connectivity index (χ1v) is 10.4. The molecule has 2 heterocycles. The number of rotatable bonds is 5. The van der Waals surface area contributed by atoms with E-state index in [4.69, 9.17) is 0 Å². The molecule has 0 bridgehead atoms. The maximum atomic E-state index is 13.8. The van der Waals surface area contributed by atoms with Gasteiger partial charge in [-0.1, -0.05) is 42.0 Å². The highest BCUT2D eigenvalue weighted by Gasteiger charge is 2.47. The number of hydrogen-bond donors (Lipinski definition) is 0. The summed E-state index contributed by atoms with van der Waals surface area (Å²) in [6.45, 7) is 5.78. The highest BCUT2D eigenvalue weighted by Crippen LogP contribution is 2.44. The summed E-state index contributed by atoms with van der Waals surface area (Å²) in [7, 11) is 4.10. The molecule has 5 heteroatoms. The van der Waals surface area contributed by atoms with Crippen molar-refractivity contribution in [3.05, 3.63) is 71.0 Å². The number of nitrogens with zero attached hydrogens (tertiary/aromatic N) is 3. The van der Waals surface area contributed by atoms with Crippen molar-refractivity contribution in [1.82, 2.24) is 14.7 Å². The molecule has 2 aliphatic heterocycles. The van der Waals surface area contributed by atoms with E-state index in [-0.39, 0.29) is 17.8 Å². The van der Waals surface area contributed by atoms with Gasteiger partial charge < -0.3 is 4.90 Å². The lowest BCUT2D eigenvalue weighted by Crippen LogP contribution is -2.39. The van der Waals surface area contributed by atoms with Crippen LogP contribution < -0.4 is 0 Å². The maximum Gasteiger partial charge on any atom is 0.236 e. The van der Waals surface area contributed by atoms with Crippen molar-refractivity contribution in [3.63, 3.8) is 0 Å². The first-order valence-electron chi connectivity index (χ1n) is 10.4. The van der Waals surface area contributed by atoms with Crippen molar-refractivity contribution in [2.75, 3.05) is 40.3 Å². The molecule has 3 atom stereocenters. The van der Waals surface area contributed by atoms with E-state index in [2.05, 4.69) is 48.0 Å². The number of carbonyl (C=O) groups is 1. The largest absolute Gasteiger partial charge is 0.341 e. The van der Waals surface area contributed by atoms with Gasteiger partial charge in [0.25, 0.3) is 0 Å². The second-order valence-electron chi connectivity index (χ2n) is 8.82. The predicted octanol–water partition coefficient (Wildman–Crippen LogP) is 3.33. The van der Waals surface area contributed by atoms with Gasteiger partial charge in [-0.05, 0) is 50.2 Å². The molecule has 2 aliphatic rings. The molecule has 4 nitrogen and oxygen atoms in total. The van der Waals surface area contributed by atoms with Crippen molar-refractivity contribution in [2.45, 2.75) is 19.5 Å². The molecule has 29 heavy (non-hydrogen) atoms. The summed E-state index contributed by atoms with van der Waals surface area (Å²) >= 11 is 0. The lowest BCUT2D eigenvalue weighted by Gasteiger charge is -2.27. The fourth-order valence-corrected chi connectivity index (χ4v) is 5.05. The van der Waals surface area contributed by atoms with Crippen LogP contribution in [0, 0.1) is 24.6 Å². The zero-order chi connectivity index (χ0) is 20.5. The molecule has 2 saturated heterocycles. The van der Waals surface area contributed by atoms with E-state index >= 15 is 0 Å². The average molecular weight is 396 g/mol. The molecule has 0 radical (unpaired) electrons. The summed E-state index contributed by atoms with van der Waals surface area (Å²) < 4.78 is 13.8. The average Bonchev–Trinajstić information content (AvgIpc) is 3.20. The number of halogens is 1. The smallest absolute Gasteiger partial charge is 0.236 e. The number of hydrogen-bond acceptors (Lipinski definition) is 3. The van der Waals surface area contributed by atoms with Crippen molar-refractivity contribution in [2.24, 2.45) is 11.8 Å². The Balaban J connectivity index is 1.37. The van der Waals surface area contributed by atoms with Crippen LogP contribution in [0.3, 0.4) is 0 Å². The van der Waals surface area contributed by atoms with Gasteiger partial charge in [0.2, 0.25) is 5.91 Å². The SMILES string of the molecule is Cc1ccc(CN(C)CC(=O)N2C[C@@H]3CN(C)[C@@H](c4cccc(F)c4)[C@@H]3C2)cc1. The van der Waals surface area contributed by atoms with Gasteiger partial charge in [0.15, 0.2) is 0 Å².